The number of esters is 1. The van der Waals surface area contributed by atoms with Gasteiger partial charge in [0.25, 0.3) is 0 Å². The Morgan fingerprint density at radius 3 is 2.74 bits per heavy atom. The summed E-state index contributed by atoms with van der Waals surface area (Å²) in [4.78, 5) is 29.1. The molecule has 138 valence electrons. The molecule has 1 aromatic carbocycles. The van der Waals surface area contributed by atoms with E-state index in [2.05, 4.69) is 10.3 Å². The third-order valence-electron chi connectivity index (χ3n) is 4.84. The molecule has 0 saturated heterocycles. The zero-order valence-corrected chi connectivity index (χ0v) is 15.2. The van der Waals surface area contributed by atoms with Crippen LogP contribution < -0.4 is 10.1 Å². The standard InChI is InChI=1S/C21H20N2O4/c1-21(2)19-18(20(25)27-21)15(11-17(24)23-19)14-8-3-4-9-16(14)26-12-13-7-5-6-10-22-13/h3-10,15H,11-12H2,1-2H3,(H,23,24). The molecule has 3 heterocycles. The van der Waals surface area contributed by atoms with Crippen molar-refractivity contribution in [1.29, 1.82) is 0 Å². The summed E-state index contributed by atoms with van der Waals surface area (Å²) in [7, 11) is 0. The van der Waals surface area contributed by atoms with Crippen LogP contribution in [0.2, 0.25) is 0 Å². The van der Waals surface area contributed by atoms with Gasteiger partial charge < -0.3 is 14.8 Å². The summed E-state index contributed by atoms with van der Waals surface area (Å²) >= 11 is 0. The SMILES string of the molecule is CC1(C)OC(=O)C2=C1NC(=O)CC2c1ccccc1OCc1ccccn1. The summed E-state index contributed by atoms with van der Waals surface area (Å²) in [5, 5.41) is 2.82. The maximum absolute atomic E-state index is 12.5. The van der Waals surface area contributed by atoms with E-state index in [0.717, 1.165) is 11.3 Å². The van der Waals surface area contributed by atoms with Crippen LogP contribution in [0.5, 0.6) is 5.75 Å². The van der Waals surface area contributed by atoms with Gasteiger partial charge in [0, 0.05) is 24.1 Å². The Morgan fingerprint density at radius 1 is 1.19 bits per heavy atom. The monoisotopic (exact) mass is 364 g/mol. The predicted octanol–water partition coefficient (Wildman–Crippen LogP) is 2.85. The normalized spacial score (nSPS) is 20.7. The van der Waals surface area contributed by atoms with Crippen LogP contribution >= 0.6 is 0 Å². The van der Waals surface area contributed by atoms with Crippen molar-refractivity contribution in [2.45, 2.75) is 38.4 Å². The van der Waals surface area contributed by atoms with Crippen molar-refractivity contribution in [2.24, 2.45) is 0 Å². The van der Waals surface area contributed by atoms with Gasteiger partial charge in [-0.1, -0.05) is 24.3 Å². The van der Waals surface area contributed by atoms with E-state index in [-0.39, 0.29) is 18.3 Å². The largest absolute Gasteiger partial charge is 0.487 e. The van der Waals surface area contributed by atoms with Gasteiger partial charge in [0.05, 0.1) is 17.0 Å². The number of rotatable bonds is 4. The molecule has 0 saturated carbocycles. The Balaban J connectivity index is 1.70. The Kier molecular flexibility index (Phi) is 4.18. The van der Waals surface area contributed by atoms with Gasteiger partial charge in [-0.05, 0) is 32.0 Å². The minimum atomic E-state index is -0.843. The maximum atomic E-state index is 12.5. The van der Waals surface area contributed by atoms with Crippen LogP contribution in [0.3, 0.4) is 0 Å². The van der Waals surface area contributed by atoms with Crippen molar-refractivity contribution >= 4 is 11.9 Å². The quantitative estimate of drug-likeness (QED) is 0.844. The summed E-state index contributed by atoms with van der Waals surface area (Å²) in [5.74, 6) is -0.292. The average molecular weight is 364 g/mol. The van der Waals surface area contributed by atoms with E-state index >= 15 is 0 Å². The summed E-state index contributed by atoms with van der Waals surface area (Å²) < 4.78 is 11.5. The van der Waals surface area contributed by atoms with Crippen LogP contribution in [-0.2, 0) is 20.9 Å². The summed E-state index contributed by atoms with van der Waals surface area (Å²) in [6.07, 6.45) is 1.89. The van der Waals surface area contributed by atoms with Crippen molar-refractivity contribution in [3.63, 3.8) is 0 Å². The van der Waals surface area contributed by atoms with Gasteiger partial charge in [-0.2, -0.15) is 0 Å². The molecule has 0 radical (unpaired) electrons. The number of hydrogen-bond acceptors (Lipinski definition) is 5. The van der Waals surface area contributed by atoms with Gasteiger partial charge in [-0.3, -0.25) is 9.78 Å². The minimum absolute atomic E-state index is 0.135. The fraction of sp³-hybridized carbons (Fsp3) is 0.286. The second kappa shape index (κ2) is 6.54. The van der Waals surface area contributed by atoms with Crippen molar-refractivity contribution < 1.29 is 19.1 Å². The summed E-state index contributed by atoms with van der Waals surface area (Å²) in [5.41, 5.74) is 1.81. The molecule has 0 bridgehead atoms. The number of carbonyl (C=O) groups is 2. The molecular weight excluding hydrogens is 344 g/mol. The number of nitrogens with one attached hydrogen (secondary N) is 1. The van der Waals surface area contributed by atoms with Gasteiger partial charge in [0.15, 0.2) is 0 Å². The fourth-order valence-corrected chi connectivity index (χ4v) is 3.58. The van der Waals surface area contributed by atoms with E-state index in [0.29, 0.717) is 23.6 Å². The van der Waals surface area contributed by atoms with E-state index < -0.39 is 11.5 Å². The maximum Gasteiger partial charge on any atom is 0.337 e. The number of ether oxygens (including phenoxy) is 2. The lowest BCUT2D eigenvalue weighted by Crippen LogP contribution is -2.38. The van der Waals surface area contributed by atoms with Crippen molar-refractivity contribution in [1.82, 2.24) is 10.3 Å². The third-order valence-corrected chi connectivity index (χ3v) is 4.84. The van der Waals surface area contributed by atoms with Crippen molar-refractivity contribution in [2.75, 3.05) is 0 Å². The molecule has 2 aliphatic heterocycles. The van der Waals surface area contributed by atoms with Crippen molar-refractivity contribution in [3.8, 4) is 5.75 Å². The predicted molar refractivity (Wildman–Crippen MR) is 97.7 cm³/mol. The second-order valence-corrected chi connectivity index (χ2v) is 7.14. The van der Waals surface area contributed by atoms with Crippen LogP contribution in [0, 0.1) is 0 Å². The first-order chi connectivity index (χ1) is 13.0. The molecule has 0 spiro atoms. The number of para-hydroxylation sites is 1. The highest BCUT2D eigenvalue weighted by Crippen LogP contribution is 2.44. The molecule has 0 fully saturated rings. The van der Waals surface area contributed by atoms with Gasteiger partial charge in [0.1, 0.15) is 18.0 Å². The van der Waals surface area contributed by atoms with E-state index in [1.54, 1.807) is 20.0 Å². The number of amides is 1. The number of hydrogen-bond donors (Lipinski definition) is 1. The molecule has 1 N–H and O–H groups in total. The molecule has 1 unspecified atom stereocenters. The van der Waals surface area contributed by atoms with E-state index in [4.69, 9.17) is 9.47 Å². The van der Waals surface area contributed by atoms with E-state index in [9.17, 15) is 9.59 Å². The first-order valence-electron chi connectivity index (χ1n) is 8.85. The Labute approximate surface area is 157 Å². The van der Waals surface area contributed by atoms with E-state index in [1.807, 2.05) is 42.5 Å². The van der Waals surface area contributed by atoms with E-state index in [1.165, 1.54) is 0 Å². The molecule has 0 aliphatic carbocycles. The lowest BCUT2D eigenvalue weighted by molar-refractivity contribution is -0.144. The molecule has 6 nitrogen and oxygen atoms in total. The zero-order valence-electron chi connectivity index (χ0n) is 15.2. The number of pyridine rings is 1. The van der Waals surface area contributed by atoms with Crippen LogP contribution in [0.25, 0.3) is 0 Å². The fourth-order valence-electron chi connectivity index (χ4n) is 3.58. The number of cyclic esters (lactones) is 1. The molecule has 27 heavy (non-hydrogen) atoms. The molecule has 1 aromatic heterocycles. The topological polar surface area (TPSA) is 77.5 Å². The minimum Gasteiger partial charge on any atom is -0.487 e. The Hall–Kier alpha value is -3.15. The van der Waals surface area contributed by atoms with Crippen LogP contribution in [0.15, 0.2) is 59.9 Å². The smallest absolute Gasteiger partial charge is 0.337 e. The molecule has 2 aliphatic rings. The Morgan fingerprint density at radius 2 is 1.96 bits per heavy atom. The average Bonchev–Trinajstić information content (AvgIpc) is 2.89. The van der Waals surface area contributed by atoms with Crippen LogP contribution in [0.4, 0.5) is 0 Å². The van der Waals surface area contributed by atoms with Crippen LogP contribution in [-0.4, -0.2) is 22.5 Å². The highest BCUT2D eigenvalue weighted by Gasteiger charge is 2.48. The molecule has 6 heteroatoms. The van der Waals surface area contributed by atoms with Gasteiger partial charge in [0.2, 0.25) is 5.91 Å². The molecule has 1 atom stereocenters. The van der Waals surface area contributed by atoms with Gasteiger partial charge >= 0.3 is 5.97 Å². The third kappa shape index (κ3) is 3.18. The number of benzene rings is 1. The zero-order chi connectivity index (χ0) is 19.0. The lowest BCUT2D eigenvalue weighted by atomic mass is 9.82. The number of carbonyl (C=O) groups excluding carboxylic acids is 2. The van der Waals surface area contributed by atoms with Gasteiger partial charge in [-0.25, -0.2) is 4.79 Å². The number of aromatic nitrogens is 1. The Bertz CT molecular complexity index is 934. The molecule has 4 rings (SSSR count). The lowest BCUT2D eigenvalue weighted by Gasteiger charge is -2.27. The number of nitrogens with zero attached hydrogens (tertiary/aromatic N) is 1. The van der Waals surface area contributed by atoms with Crippen molar-refractivity contribution in [3.05, 3.63) is 71.2 Å². The molecular formula is C21H20N2O4. The van der Waals surface area contributed by atoms with Crippen LogP contribution in [0.1, 0.15) is 37.4 Å². The highest BCUT2D eigenvalue weighted by atomic mass is 16.6. The first-order valence-corrected chi connectivity index (χ1v) is 8.85. The van der Waals surface area contributed by atoms with Gasteiger partial charge in [-0.15, -0.1) is 0 Å². The first kappa shape index (κ1) is 17.3. The summed E-state index contributed by atoms with van der Waals surface area (Å²) in [6, 6.07) is 13.1. The highest BCUT2D eigenvalue weighted by molar-refractivity contribution is 5.99. The molecule has 2 aromatic rings. The summed E-state index contributed by atoms with van der Waals surface area (Å²) in [6.45, 7) is 3.86. The second-order valence-electron chi connectivity index (χ2n) is 7.14. The molecule has 1 amide bonds.